The number of rotatable bonds is 2. The lowest BCUT2D eigenvalue weighted by molar-refractivity contribution is -0.141. The number of nitrogens with one attached hydrogen (secondary N) is 1. The van der Waals surface area contributed by atoms with Crippen molar-refractivity contribution in [3.05, 3.63) is 71.8 Å². The highest BCUT2D eigenvalue weighted by molar-refractivity contribution is 5.93. The lowest BCUT2D eigenvalue weighted by Gasteiger charge is -2.33. The Kier molecular flexibility index (Phi) is 3.73. The van der Waals surface area contributed by atoms with Gasteiger partial charge in [0.25, 0.3) is 5.91 Å². The molecule has 11 heteroatoms. The molecule has 1 aliphatic rings. The molecular formula is C18H13F3N6O2. The highest BCUT2D eigenvalue weighted by Gasteiger charge is 2.44. The standard InChI is InChI=1S/C18H13F3N6O2/c19-18(20,21)16-15(29-9-24-16)17(28)27-6-4-10-13(23-8-22-10)14(27)11-7-26-5-2-1-3-12(26)25-11/h1-3,5,7-9,14H,4,6H2,(H,22,23)/t14-/m1/s1. The van der Waals surface area contributed by atoms with Crippen LogP contribution < -0.4 is 0 Å². The molecule has 0 aliphatic carbocycles. The zero-order chi connectivity index (χ0) is 20.2. The fourth-order valence-electron chi connectivity index (χ4n) is 3.61. The number of imidazole rings is 2. The first kappa shape index (κ1) is 17.5. The van der Waals surface area contributed by atoms with Gasteiger partial charge in [-0.3, -0.25) is 4.79 Å². The summed E-state index contributed by atoms with van der Waals surface area (Å²) in [4.78, 5) is 29.4. The van der Waals surface area contributed by atoms with Crippen LogP contribution in [0, 0.1) is 0 Å². The first-order valence-corrected chi connectivity index (χ1v) is 8.71. The lowest BCUT2D eigenvalue weighted by Crippen LogP contribution is -2.41. The fraction of sp³-hybridized carbons (Fsp3) is 0.222. The number of fused-ring (bicyclic) bond motifs is 2. The number of hydrogen-bond acceptors (Lipinski definition) is 5. The van der Waals surface area contributed by atoms with Crippen LogP contribution in [0.1, 0.15) is 39.4 Å². The van der Waals surface area contributed by atoms with Gasteiger partial charge in [0, 0.05) is 31.1 Å². The maximum Gasteiger partial charge on any atom is 0.437 e. The monoisotopic (exact) mass is 402 g/mol. The Hall–Kier alpha value is -3.63. The molecule has 29 heavy (non-hydrogen) atoms. The number of aromatic amines is 1. The summed E-state index contributed by atoms with van der Waals surface area (Å²) in [6.45, 7) is 0.171. The van der Waals surface area contributed by atoms with Crippen LogP contribution in [0.25, 0.3) is 5.65 Å². The van der Waals surface area contributed by atoms with Crippen LogP contribution >= 0.6 is 0 Å². The molecule has 5 rings (SSSR count). The summed E-state index contributed by atoms with van der Waals surface area (Å²) >= 11 is 0. The summed E-state index contributed by atoms with van der Waals surface area (Å²) in [5, 5.41) is 0. The van der Waals surface area contributed by atoms with Gasteiger partial charge in [0.15, 0.2) is 12.1 Å². The van der Waals surface area contributed by atoms with E-state index in [4.69, 9.17) is 4.42 Å². The van der Waals surface area contributed by atoms with Crippen LogP contribution in [0.4, 0.5) is 13.2 Å². The summed E-state index contributed by atoms with van der Waals surface area (Å²) in [6.07, 6.45) is 1.26. The minimum absolute atomic E-state index is 0.171. The van der Waals surface area contributed by atoms with Crippen molar-refractivity contribution in [2.45, 2.75) is 18.6 Å². The number of pyridine rings is 1. The number of carbonyl (C=O) groups excluding carboxylic acids is 1. The Morgan fingerprint density at radius 2 is 2.14 bits per heavy atom. The van der Waals surface area contributed by atoms with Gasteiger partial charge < -0.3 is 18.7 Å². The molecule has 0 spiro atoms. The molecular weight excluding hydrogens is 389 g/mol. The predicted octanol–water partition coefficient (Wildman–Crippen LogP) is 2.85. The van der Waals surface area contributed by atoms with Crippen molar-refractivity contribution in [2.24, 2.45) is 0 Å². The predicted molar refractivity (Wildman–Crippen MR) is 91.9 cm³/mol. The van der Waals surface area contributed by atoms with Gasteiger partial charge in [-0.25, -0.2) is 15.0 Å². The molecule has 0 radical (unpaired) electrons. The minimum Gasteiger partial charge on any atom is -0.438 e. The first-order chi connectivity index (χ1) is 13.9. The number of carbonyl (C=O) groups is 1. The molecule has 5 heterocycles. The van der Waals surface area contributed by atoms with Crippen molar-refractivity contribution < 1.29 is 22.4 Å². The van der Waals surface area contributed by atoms with E-state index in [0.717, 1.165) is 5.69 Å². The smallest absolute Gasteiger partial charge is 0.437 e. The second-order valence-electron chi connectivity index (χ2n) is 6.58. The van der Waals surface area contributed by atoms with Gasteiger partial charge in [-0.2, -0.15) is 13.2 Å². The number of alkyl halides is 3. The van der Waals surface area contributed by atoms with Crippen LogP contribution in [0.3, 0.4) is 0 Å². The van der Waals surface area contributed by atoms with Crippen molar-refractivity contribution in [1.29, 1.82) is 0 Å². The number of aromatic nitrogens is 5. The number of amides is 1. The van der Waals surface area contributed by atoms with Crippen molar-refractivity contribution in [1.82, 2.24) is 29.2 Å². The van der Waals surface area contributed by atoms with Gasteiger partial charge in [0.2, 0.25) is 5.76 Å². The Labute approximate surface area is 161 Å². The Balaban J connectivity index is 1.62. The molecule has 8 nitrogen and oxygen atoms in total. The van der Waals surface area contributed by atoms with Gasteiger partial charge in [0.05, 0.1) is 17.7 Å². The van der Waals surface area contributed by atoms with E-state index in [1.807, 2.05) is 12.1 Å². The van der Waals surface area contributed by atoms with Crippen LogP contribution in [0.15, 0.2) is 47.7 Å². The average molecular weight is 402 g/mol. The molecule has 0 aromatic carbocycles. The quantitative estimate of drug-likeness (QED) is 0.557. The fourth-order valence-corrected chi connectivity index (χ4v) is 3.61. The summed E-state index contributed by atoms with van der Waals surface area (Å²) in [6, 6.07) is 4.68. The number of nitrogens with zero attached hydrogens (tertiary/aromatic N) is 5. The molecule has 0 saturated heterocycles. The molecule has 0 saturated carbocycles. The molecule has 1 N–H and O–H groups in total. The van der Waals surface area contributed by atoms with E-state index in [-0.39, 0.29) is 6.54 Å². The summed E-state index contributed by atoms with van der Waals surface area (Å²) in [7, 11) is 0. The summed E-state index contributed by atoms with van der Waals surface area (Å²) < 4.78 is 46.3. The number of oxazole rings is 1. The Morgan fingerprint density at radius 3 is 2.93 bits per heavy atom. The molecule has 4 aromatic rings. The van der Waals surface area contributed by atoms with E-state index in [9.17, 15) is 18.0 Å². The molecule has 1 aliphatic heterocycles. The third-order valence-electron chi connectivity index (χ3n) is 4.88. The van der Waals surface area contributed by atoms with Crippen LogP contribution in [0.5, 0.6) is 0 Å². The SMILES string of the molecule is O=C(c1ocnc1C(F)(F)F)N1CCc2[nH]cnc2[C@H]1c1cn2ccccc2n1. The maximum absolute atomic E-state index is 13.2. The number of H-pyrrole nitrogens is 1. The van der Waals surface area contributed by atoms with Gasteiger partial charge in [0.1, 0.15) is 11.7 Å². The molecule has 1 amide bonds. The van der Waals surface area contributed by atoms with E-state index >= 15 is 0 Å². The Morgan fingerprint density at radius 1 is 1.28 bits per heavy atom. The first-order valence-electron chi connectivity index (χ1n) is 8.71. The molecule has 0 bridgehead atoms. The van der Waals surface area contributed by atoms with E-state index in [0.29, 0.717) is 29.8 Å². The molecule has 0 fully saturated rings. The van der Waals surface area contributed by atoms with Gasteiger partial charge in [-0.15, -0.1) is 0 Å². The van der Waals surface area contributed by atoms with Crippen LogP contribution in [-0.4, -0.2) is 41.7 Å². The summed E-state index contributed by atoms with van der Waals surface area (Å²) in [5.74, 6) is -1.75. The highest BCUT2D eigenvalue weighted by atomic mass is 19.4. The maximum atomic E-state index is 13.2. The van der Waals surface area contributed by atoms with Crippen molar-refractivity contribution >= 4 is 11.6 Å². The average Bonchev–Trinajstić information content (AvgIpc) is 3.44. The molecule has 4 aromatic heterocycles. The van der Waals surface area contributed by atoms with Crippen molar-refractivity contribution in [3.63, 3.8) is 0 Å². The molecule has 148 valence electrons. The van der Waals surface area contributed by atoms with Crippen molar-refractivity contribution in [2.75, 3.05) is 6.54 Å². The van der Waals surface area contributed by atoms with E-state index in [1.54, 1.807) is 22.9 Å². The van der Waals surface area contributed by atoms with Gasteiger partial charge in [-0.1, -0.05) is 6.07 Å². The lowest BCUT2D eigenvalue weighted by atomic mass is 9.99. The van der Waals surface area contributed by atoms with Crippen LogP contribution in [-0.2, 0) is 12.6 Å². The second kappa shape index (κ2) is 6.19. The molecule has 0 unspecified atom stereocenters. The van der Waals surface area contributed by atoms with E-state index in [1.165, 1.54) is 11.2 Å². The zero-order valence-electron chi connectivity index (χ0n) is 14.7. The van der Waals surface area contributed by atoms with E-state index < -0.39 is 29.6 Å². The molecule has 1 atom stereocenters. The number of halogens is 3. The Bertz CT molecular complexity index is 1170. The van der Waals surface area contributed by atoms with E-state index in [2.05, 4.69) is 19.9 Å². The summed E-state index contributed by atoms with van der Waals surface area (Å²) in [5.41, 5.74) is 1.15. The minimum atomic E-state index is -4.80. The highest BCUT2D eigenvalue weighted by Crippen LogP contribution is 2.36. The third kappa shape index (κ3) is 2.77. The van der Waals surface area contributed by atoms with Gasteiger partial charge >= 0.3 is 6.18 Å². The topological polar surface area (TPSA) is 92.3 Å². The van der Waals surface area contributed by atoms with Crippen molar-refractivity contribution in [3.8, 4) is 0 Å². The third-order valence-corrected chi connectivity index (χ3v) is 4.88. The number of hydrogen-bond donors (Lipinski definition) is 1. The van der Waals surface area contributed by atoms with Gasteiger partial charge in [-0.05, 0) is 12.1 Å². The normalized spacial score (nSPS) is 16.9. The zero-order valence-corrected chi connectivity index (χ0v) is 14.7. The van der Waals surface area contributed by atoms with Crippen LogP contribution in [0.2, 0.25) is 0 Å². The second-order valence-corrected chi connectivity index (χ2v) is 6.58. The largest absolute Gasteiger partial charge is 0.438 e.